The van der Waals surface area contributed by atoms with Crippen LogP contribution in [-0.2, 0) is 6.54 Å². The van der Waals surface area contributed by atoms with Gasteiger partial charge in [0.2, 0.25) is 0 Å². The Bertz CT molecular complexity index is 2940. The molecule has 0 spiro atoms. The van der Waals surface area contributed by atoms with Crippen molar-refractivity contribution in [2.75, 3.05) is 0 Å². The van der Waals surface area contributed by atoms with Crippen LogP contribution in [0.3, 0.4) is 0 Å². The van der Waals surface area contributed by atoms with Gasteiger partial charge in [-0.2, -0.15) is 8.75 Å². The third kappa shape index (κ3) is 3.12. The van der Waals surface area contributed by atoms with Crippen LogP contribution in [-0.4, -0.2) is 18.3 Å². The Labute approximate surface area is 260 Å². The molecule has 2 heterocycles. The molecule has 208 valence electrons. The highest BCUT2D eigenvalue weighted by Crippen LogP contribution is 2.42. The minimum absolute atomic E-state index is 0.665. The molecule has 0 radical (unpaired) electrons. The standard InChI is InChI=1S/C40H22N4S/c1-3-22-7-9-26-11-12-28(29-16-13-24(5-1)34(22)36(26)29)21-44-39-33(20-19-32-38(39)43-45-42-32)41-40(44)31-18-15-27-10-8-23-4-2-6-25-14-17-30(31)37(27)35(23)25/h1-20H,21H2. The zero-order valence-electron chi connectivity index (χ0n) is 24.0. The van der Waals surface area contributed by atoms with Crippen molar-refractivity contribution in [1.29, 1.82) is 0 Å². The molecule has 0 unspecified atom stereocenters. The Kier molecular flexibility index (Phi) is 4.49. The summed E-state index contributed by atoms with van der Waals surface area (Å²) in [4.78, 5) is 5.35. The first-order valence-electron chi connectivity index (χ1n) is 15.2. The first kappa shape index (κ1) is 23.8. The smallest absolute Gasteiger partial charge is 0.142 e. The second-order valence-electron chi connectivity index (χ2n) is 12.1. The van der Waals surface area contributed by atoms with Gasteiger partial charge in [0, 0.05) is 5.56 Å². The lowest BCUT2D eigenvalue weighted by Crippen LogP contribution is -2.04. The third-order valence-electron chi connectivity index (χ3n) is 9.85. The van der Waals surface area contributed by atoms with Crippen molar-refractivity contribution in [2.45, 2.75) is 6.54 Å². The van der Waals surface area contributed by atoms with Crippen LogP contribution >= 0.6 is 11.7 Å². The topological polar surface area (TPSA) is 43.6 Å². The number of aromatic nitrogens is 4. The molecule has 45 heavy (non-hydrogen) atoms. The van der Waals surface area contributed by atoms with Crippen LogP contribution in [0.4, 0.5) is 0 Å². The maximum atomic E-state index is 5.35. The highest BCUT2D eigenvalue weighted by molar-refractivity contribution is 7.00. The summed E-state index contributed by atoms with van der Waals surface area (Å²) < 4.78 is 11.8. The molecule has 4 nitrogen and oxygen atoms in total. The Morgan fingerprint density at radius 1 is 0.489 bits per heavy atom. The summed E-state index contributed by atoms with van der Waals surface area (Å²) in [7, 11) is 0. The number of imidazole rings is 1. The Balaban J connectivity index is 1.23. The van der Waals surface area contributed by atoms with Gasteiger partial charge in [-0.15, -0.1) is 0 Å². The molecule has 5 heteroatoms. The van der Waals surface area contributed by atoms with E-state index < -0.39 is 0 Å². The fraction of sp³-hybridized carbons (Fsp3) is 0.0250. The number of hydrogen-bond acceptors (Lipinski definition) is 4. The second kappa shape index (κ2) is 8.50. The van der Waals surface area contributed by atoms with Crippen LogP contribution in [0.25, 0.3) is 98.1 Å². The third-order valence-corrected chi connectivity index (χ3v) is 10.4. The van der Waals surface area contributed by atoms with Gasteiger partial charge in [-0.25, -0.2) is 4.98 Å². The number of rotatable bonds is 3. The predicted molar refractivity (Wildman–Crippen MR) is 189 cm³/mol. The lowest BCUT2D eigenvalue weighted by atomic mass is 9.91. The first-order valence-corrected chi connectivity index (χ1v) is 16.0. The molecule has 9 aromatic carbocycles. The van der Waals surface area contributed by atoms with Crippen LogP contribution in [0.2, 0.25) is 0 Å². The molecule has 0 bridgehead atoms. The van der Waals surface area contributed by atoms with E-state index in [1.807, 2.05) is 6.07 Å². The van der Waals surface area contributed by atoms with Crippen molar-refractivity contribution in [2.24, 2.45) is 0 Å². The zero-order chi connectivity index (χ0) is 29.2. The van der Waals surface area contributed by atoms with E-state index in [2.05, 4.69) is 124 Å². The van der Waals surface area contributed by atoms with Crippen molar-refractivity contribution >= 4 is 98.4 Å². The van der Waals surface area contributed by atoms with Crippen molar-refractivity contribution in [3.05, 3.63) is 127 Å². The van der Waals surface area contributed by atoms with E-state index >= 15 is 0 Å². The van der Waals surface area contributed by atoms with E-state index in [-0.39, 0.29) is 0 Å². The molecule has 0 saturated carbocycles. The maximum absolute atomic E-state index is 5.35. The van der Waals surface area contributed by atoms with Gasteiger partial charge in [-0.05, 0) is 82.3 Å². The number of benzene rings is 9. The second-order valence-corrected chi connectivity index (χ2v) is 12.7. The van der Waals surface area contributed by atoms with E-state index in [1.165, 1.54) is 81.9 Å². The molecule has 0 aliphatic rings. The minimum Gasteiger partial charge on any atom is -0.318 e. The van der Waals surface area contributed by atoms with E-state index in [4.69, 9.17) is 9.36 Å². The summed E-state index contributed by atoms with van der Waals surface area (Å²) in [6, 6.07) is 44.4. The molecule has 0 aliphatic carbocycles. The molecular weight excluding hydrogens is 569 g/mol. The van der Waals surface area contributed by atoms with E-state index in [0.717, 1.165) is 33.5 Å². The van der Waals surface area contributed by atoms with Crippen LogP contribution in [0.5, 0.6) is 0 Å². The van der Waals surface area contributed by atoms with E-state index in [1.54, 1.807) is 0 Å². The van der Waals surface area contributed by atoms with Gasteiger partial charge >= 0.3 is 0 Å². The lowest BCUT2D eigenvalue weighted by Gasteiger charge is -2.17. The van der Waals surface area contributed by atoms with Gasteiger partial charge in [0.05, 0.1) is 29.3 Å². The van der Waals surface area contributed by atoms with Gasteiger partial charge < -0.3 is 4.57 Å². The Morgan fingerprint density at radius 3 is 1.76 bits per heavy atom. The normalized spacial score (nSPS) is 12.5. The molecule has 0 amide bonds. The average molecular weight is 591 g/mol. The fourth-order valence-electron chi connectivity index (χ4n) is 7.86. The summed E-state index contributed by atoms with van der Waals surface area (Å²) >= 11 is 1.26. The summed E-state index contributed by atoms with van der Waals surface area (Å²) in [5.74, 6) is 0.953. The number of nitrogens with zero attached hydrogens (tertiary/aromatic N) is 4. The van der Waals surface area contributed by atoms with E-state index in [9.17, 15) is 0 Å². The molecule has 0 N–H and O–H groups in total. The monoisotopic (exact) mass is 590 g/mol. The Morgan fingerprint density at radius 2 is 1.04 bits per heavy atom. The van der Waals surface area contributed by atoms with E-state index in [0.29, 0.717) is 6.54 Å². The molecule has 11 aromatic rings. The lowest BCUT2D eigenvalue weighted by molar-refractivity contribution is 0.843. The molecule has 0 atom stereocenters. The summed E-state index contributed by atoms with van der Waals surface area (Å²) in [5, 5.41) is 15.4. The molecule has 0 fully saturated rings. The number of hydrogen-bond donors (Lipinski definition) is 0. The zero-order valence-corrected chi connectivity index (χ0v) is 24.8. The van der Waals surface area contributed by atoms with Crippen molar-refractivity contribution in [3.63, 3.8) is 0 Å². The van der Waals surface area contributed by atoms with Crippen molar-refractivity contribution in [3.8, 4) is 11.4 Å². The highest BCUT2D eigenvalue weighted by Gasteiger charge is 2.22. The van der Waals surface area contributed by atoms with Crippen molar-refractivity contribution < 1.29 is 0 Å². The largest absolute Gasteiger partial charge is 0.318 e. The first-order chi connectivity index (χ1) is 22.3. The number of fused-ring (bicyclic) bond motifs is 3. The molecule has 2 aromatic heterocycles. The molecular formula is C40H22N4S. The van der Waals surface area contributed by atoms with Gasteiger partial charge in [-0.3, -0.25) is 0 Å². The molecule has 0 saturated heterocycles. The fourth-order valence-corrected chi connectivity index (χ4v) is 8.40. The summed E-state index contributed by atoms with van der Waals surface area (Å²) in [6.07, 6.45) is 0. The van der Waals surface area contributed by atoms with Crippen molar-refractivity contribution in [1.82, 2.24) is 18.3 Å². The predicted octanol–water partition coefficient (Wildman–Crippen LogP) is 10.6. The summed E-state index contributed by atoms with van der Waals surface area (Å²) in [5.41, 5.74) is 6.18. The Hall–Kier alpha value is -5.65. The quantitative estimate of drug-likeness (QED) is 0.192. The average Bonchev–Trinajstić information content (AvgIpc) is 3.71. The molecule has 11 rings (SSSR count). The summed E-state index contributed by atoms with van der Waals surface area (Å²) in [6.45, 7) is 0.665. The van der Waals surface area contributed by atoms with Crippen LogP contribution < -0.4 is 0 Å². The minimum atomic E-state index is 0.665. The SMILES string of the molecule is c1cc2ccc3ccc(Cn4c(-c5ccc6ccc7cccc8ccc5c6c78)nc5ccc6nsnc6c54)c4ccc(c1)c2c34. The van der Waals surface area contributed by atoms with Crippen LogP contribution in [0.15, 0.2) is 121 Å². The van der Waals surface area contributed by atoms with Crippen LogP contribution in [0, 0.1) is 0 Å². The van der Waals surface area contributed by atoms with Gasteiger partial charge in [0.25, 0.3) is 0 Å². The molecule has 0 aliphatic heterocycles. The van der Waals surface area contributed by atoms with Gasteiger partial charge in [0.15, 0.2) is 0 Å². The highest BCUT2D eigenvalue weighted by atomic mass is 32.1. The van der Waals surface area contributed by atoms with Gasteiger partial charge in [0.1, 0.15) is 16.9 Å². The maximum Gasteiger partial charge on any atom is 0.142 e. The van der Waals surface area contributed by atoms with Gasteiger partial charge in [-0.1, -0.05) is 109 Å². The van der Waals surface area contributed by atoms with Crippen LogP contribution in [0.1, 0.15) is 5.56 Å².